The molecule has 2 aromatic rings. The predicted molar refractivity (Wildman–Crippen MR) is 105 cm³/mol. The van der Waals surface area contributed by atoms with Gasteiger partial charge in [0.05, 0.1) is 25.1 Å². The van der Waals surface area contributed by atoms with Crippen LogP contribution in [-0.4, -0.2) is 52.9 Å². The van der Waals surface area contributed by atoms with E-state index in [4.69, 9.17) is 11.1 Å². The first-order valence-electron chi connectivity index (χ1n) is 8.37. The van der Waals surface area contributed by atoms with Crippen LogP contribution in [0.25, 0.3) is 11.4 Å². The summed E-state index contributed by atoms with van der Waals surface area (Å²) in [4.78, 5) is 33.5. The van der Waals surface area contributed by atoms with Crippen molar-refractivity contribution in [2.45, 2.75) is 12.5 Å². The third kappa shape index (κ3) is 4.55. The smallest absolute Gasteiger partial charge is 0.318 e. The molecular weight excluding hydrogens is 384 g/mol. The Morgan fingerprint density at radius 3 is 2.54 bits per heavy atom. The largest absolute Gasteiger partial charge is 0.469 e. The van der Waals surface area contributed by atoms with E-state index in [1.165, 1.54) is 19.5 Å². The van der Waals surface area contributed by atoms with Crippen molar-refractivity contribution in [3.63, 3.8) is 0 Å². The number of amidine groups is 1. The summed E-state index contributed by atoms with van der Waals surface area (Å²) in [5, 5.41) is 10.2. The van der Waals surface area contributed by atoms with Crippen molar-refractivity contribution in [3.8, 4) is 11.4 Å². The summed E-state index contributed by atoms with van der Waals surface area (Å²) < 4.78 is 4.64. The molecule has 148 valence electrons. The molecule has 1 atom stereocenters. The summed E-state index contributed by atoms with van der Waals surface area (Å²) >= 11 is 0. The van der Waals surface area contributed by atoms with Crippen LogP contribution in [0.15, 0.2) is 36.7 Å². The first-order valence-corrected chi connectivity index (χ1v) is 8.37. The minimum Gasteiger partial charge on any atom is -0.469 e. The Morgan fingerprint density at radius 2 is 1.96 bits per heavy atom. The molecule has 4 N–H and O–H groups in total. The van der Waals surface area contributed by atoms with Crippen molar-refractivity contribution in [2.24, 2.45) is 5.73 Å². The highest BCUT2D eigenvalue weighted by Crippen LogP contribution is 2.26. The number of hydrogen-bond acceptors (Lipinski definition) is 6. The number of amides is 2. The first kappa shape index (κ1) is 21.1. The molecule has 9 nitrogen and oxygen atoms in total. The Morgan fingerprint density at radius 1 is 1.32 bits per heavy atom. The molecule has 0 spiro atoms. The maximum atomic E-state index is 12.0. The van der Waals surface area contributed by atoms with Gasteiger partial charge in [-0.25, -0.2) is 14.8 Å². The number of benzene rings is 1. The summed E-state index contributed by atoms with van der Waals surface area (Å²) in [5.41, 5.74) is 7.63. The number of nitrogens with zero attached hydrogens (tertiary/aromatic N) is 3. The van der Waals surface area contributed by atoms with Gasteiger partial charge >= 0.3 is 12.0 Å². The Balaban J connectivity index is 0.00000280. The number of methoxy groups -OCH3 is 1. The van der Waals surface area contributed by atoms with Gasteiger partial charge in [0, 0.05) is 31.0 Å². The average Bonchev–Trinajstić information content (AvgIpc) is 3.06. The van der Waals surface area contributed by atoms with Gasteiger partial charge in [-0.15, -0.1) is 12.4 Å². The van der Waals surface area contributed by atoms with E-state index in [2.05, 4.69) is 20.0 Å². The number of halogens is 1. The number of nitrogen functional groups attached to an aromatic ring is 1. The van der Waals surface area contributed by atoms with Crippen LogP contribution in [-0.2, 0) is 9.53 Å². The lowest BCUT2D eigenvalue weighted by molar-refractivity contribution is -0.140. The monoisotopic (exact) mass is 404 g/mol. The van der Waals surface area contributed by atoms with Gasteiger partial charge < -0.3 is 20.7 Å². The number of nitrogens with two attached hydrogens (primary N) is 1. The predicted octanol–water partition coefficient (Wildman–Crippen LogP) is 1.48. The zero-order chi connectivity index (χ0) is 19.4. The fourth-order valence-electron chi connectivity index (χ4n) is 2.88. The second-order valence-electron chi connectivity index (χ2n) is 6.05. The van der Waals surface area contributed by atoms with Crippen LogP contribution in [0.5, 0.6) is 0 Å². The lowest BCUT2D eigenvalue weighted by Gasteiger charge is -2.23. The number of urea groups is 1. The summed E-state index contributed by atoms with van der Waals surface area (Å²) in [7, 11) is 1.33. The average molecular weight is 405 g/mol. The number of carbonyl (C=O) groups is 2. The molecule has 2 heterocycles. The molecule has 2 amide bonds. The highest BCUT2D eigenvalue weighted by atomic mass is 35.5. The Labute approximate surface area is 168 Å². The molecule has 0 aliphatic carbocycles. The Hall–Kier alpha value is -3.20. The minimum absolute atomic E-state index is 0. The molecule has 1 aliphatic rings. The highest BCUT2D eigenvalue weighted by Gasteiger charge is 2.31. The van der Waals surface area contributed by atoms with Gasteiger partial charge in [0.2, 0.25) is 0 Å². The van der Waals surface area contributed by atoms with Crippen LogP contribution >= 0.6 is 12.4 Å². The molecule has 0 radical (unpaired) electrons. The third-order valence-corrected chi connectivity index (χ3v) is 4.38. The topological polar surface area (TPSA) is 134 Å². The lowest BCUT2D eigenvalue weighted by atomic mass is 10.0. The Bertz CT molecular complexity index is 857. The van der Waals surface area contributed by atoms with E-state index < -0.39 is 0 Å². The van der Waals surface area contributed by atoms with Crippen molar-refractivity contribution in [2.75, 3.05) is 20.2 Å². The Kier molecular flexibility index (Phi) is 6.89. The van der Waals surface area contributed by atoms with Gasteiger partial charge in [-0.05, 0) is 5.56 Å². The summed E-state index contributed by atoms with van der Waals surface area (Å²) in [6, 6.07) is 7.22. The number of carbonyl (C=O) groups excluding carboxylic acids is 2. The quantitative estimate of drug-likeness (QED) is 0.379. The van der Waals surface area contributed by atoms with Gasteiger partial charge in [0.15, 0.2) is 5.82 Å². The van der Waals surface area contributed by atoms with Gasteiger partial charge in [0.1, 0.15) is 5.84 Å². The molecular formula is C18H21ClN6O3. The number of hydrogen-bond donors (Lipinski definition) is 3. The second-order valence-corrected chi connectivity index (χ2v) is 6.05. The van der Waals surface area contributed by atoms with E-state index in [-0.39, 0.29) is 42.7 Å². The van der Waals surface area contributed by atoms with E-state index in [1.807, 2.05) is 24.3 Å². The van der Waals surface area contributed by atoms with Gasteiger partial charge in [-0.3, -0.25) is 10.2 Å². The van der Waals surface area contributed by atoms with Crippen LogP contribution < -0.4 is 11.1 Å². The normalized spacial score (nSPS) is 15.5. The van der Waals surface area contributed by atoms with Crippen molar-refractivity contribution in [1.82, 2.24) is 20.2 Å². The zero-order valence-electron chi connectivity index (χ0n) is 15.2. The minimum atomic E-state index is -0.352. The van der Waals surface area contributed by atoms with Crippen LogP contribution in [0.1, 0.15) is 23.6 Å². The van der Waals surface area contributed by atoms with E-state index in [1.54, 1.807) is 4.90 Å². The molecule has 28 heavy (non-hydrogen) atoms. The number of rotatable bonds is 6. The highest BCUT2D eigenvalue weighted by molar-refractivity contribution is 5.94. The van der Waals surface area contributed by atoms with Crippen molar-refractivity contribution in [3.05, 3.63) is 47.8 Å². The summed E-state index contributed by atoms with van der Waals surface area (Å²) in [6.07, 6.45) is 3.16. The van der Waals surface area contributed by atoms with Gasteiger partial charge in [0.25, 0.3) is 0 Å². The van der Waals surface area contributed by atoms with E-state index in [9.17, 15) is 9.59 Å². The number of aromatic nitrogens is 2. The fourth-order valence-corrected chi connectivity index (χ4v) is 2.88. The second kappa shape index (κ2) is 9.14. The van der Waals surface area contributed by atoms with Crippen LogP contribution in [0.2, 0.25) is 0 Å². The van der Waals surface area contributed by atoms with Crippen molar-refractivity contribution in [1.29, 1.82) is 5.41 Å². The molecule has 0 saturated carbocycles. The van der Waals surface area contributed by atoms with Crippen LogP contribution in [0.3, 0.4) is 0 Å². The van der Waals surface area contributed by atoms with Gasteiger partial charge in [-0.1, -0.05) is 24.3 Å². The number of nitrogens with one attached hydrogen (secondary N) is 2. The van der Waals surface area contributed by atoms with Crippen molar-refractivity contribution >= 4 is 30.2 Å². The molecule has 1 aromatic heterocycles. The number of ether oxygens (including phenoxy) is 1. The molecule has 3 rings (SSSR count). The molecule has 1 aliphatic heterocycles. The molecule has 1 unspecified atom stereocenters. The van der Waals surface area contributed by atoms with E-state index in [0.717, 1.165) is 11.1 Å². The maximum Gasteiger partial charge on any atom is 0.318 e. The lowest BCUT2D eigenvalue weighted by Crippen LogP contribution is -2.32. The molecule has 1 aromatic carbocycles. The number of esters is 1. The molecule has 1 saturated heterocycles. The fraction of sp³-hybridized carbons (Fsp3) is 0.278. The van der Waals surface area contributed by atoms with Gasteiger partial charge in [-0.2, -0.15) is 0 Å². The van der Waals surface area contributed by atoms with Crippen molar-refractivity contribution < 1.29 is 14.3 Å². The summed E-state index contributed by atoms with van der Waals surface area (Å²) in [5.74, 6) is 0.0898. The van der Waals surface area contributed by atoms with Crippen LogP contribution in [0.4, 0.5) is 4.79 Å². The SMILES string of the molecule is COC(=O)CCN1C(=O)NCC1c1ccc(-c2ncc(C(=N)N)cn2)cc1.Cl. The first-order chi connectivity index (χ1) is 13.0. The van der Waals surface area contributed by atoms with E-state index >= 15 is 0 Å². The maximum absolute atomic E-state index is 12.0. The molecule has 0 bridgehead atoms. The molecule has 1 fully saturated rings. The van der Waals surface area contributed by atoms with Crippen LogP contribution in [0, 0.1) is 5.41 Å². The van der Waals surface area contributed by atoms with E-state index in [0.29, 0.717) is 24.5 Å². The summed E-state index contributed by atoms with van der Waals surface area (Å²) in [6.45, 7) is 0.768. The third-order valence-electron chi connectivity index (χ3n) is 4.38. The molecule has 10 heteroatoms. The standard InChI is InChI=1S/C18H20N6O3.ClH/c1-27-15(25)6-7-24-14(10-23-18(24)26)11-2-4-12(5-3-11)17-21-8-13(9-22-17)16(19)20;/h2-5,8-9,14H,6-7,10H2,1H3,(H3,19,20)(H,23,26);1H. The zero-order valence-corrected chi connectivity index (χ0v) is 16.0.